The molecule has 7 heteroatoms. The molecular formula is C26H28N2O5. The highest BCUT2D eigenvalue weighted by atomic mass is 16.5. The number of carbonyl (C=O) groups excluding carboxylic acids is 2. The molecule has 2 amide bonds. The van der Waals surface area contributed by atoms with E-state index in [2.05, 4.69) is 11.2 Å². The van der Waals surface area contributed by atoms with E-state index in [1.165, 1.54) is 0 Å². The molecule has 0 bridgehead atoms. The minimum Gasteiger partial charge on any atom is -0.480 e. The summed E-state index contributed by atoms with van der Waals surface area (Å²) in [5.41, 5.74) is 4.41. The van der Waals surface area contributed by atoms with E-state index in [9.17, 15) is 14.4 Å². The van der Waals surface area contributed by atoms with Crippen LogP contribution in [-0.4, -0.2) is 53.7 Å². The van der Waals surface area contributed by atoms with E-state index in [1.807, 2.05) is 62.4 Å². The summed E-state index contributed by atoms with van der Waals surface area (Å²) in [5.74, 6) is 0.543. The van der Waals surface area contributed by atoms with E-state index in [4.69, 9.17) is 16.3 Å². The summed E-state index contributed by atoms with van der Waals surface area (Å²) < 4.78 is 5.55. The van der Waals surface area contributed by atoms with E-state index < -0.39 is 30.6 Å². The van der Waals surface area contributed by atoms with Crippen LogP contribution in [0.25, 0.3) is 11.1 Å². The molecule has 0 saturated carbocycles. The number of nitrogens with one attached hydrogen (secondary N) is 1. The van der Waals surface area contributed by atoms with Crippen molar-refractivity contribution in [2.24, 2.45) is 5.92 Å². The van der Waals surface area contributed by atoms with Crippen LogP contribution in [0.1, 0.15) is 37.3 Å². The summed E-state index contributed by atoms with van der Waals surface area (Å²) >= 11 is 0. The number of hydrogen-bond acceptors (Lipinski definition) is 4. The minimum absolute atomic E-state index is 0.0744. The topological polar surface area (TPSA) is 95.9 Å². The van der Waals surface area contributed by atoms with E-state index in [-0.39, 0.29) is 25.0 Å². The number of hydrogen-bond donors (Lipinski definition) is 2. The predicted octanol–water partition coefficient (Wildman–Crippen LogP) is 3.49. The van der Waals surface area contributed by atoms with Gasteiger partial charge in [0.1, 0.15) is 19.2 Å². The third-order valence-corrected chi connectivity index (χ3v) is 5.56. The number of carboxylic acid groups (broad SMARTS) is 1. The van der Waals surface area contributed by atoms with Gasteiger partial charge in [0.25, 0.3) is 0 Å². The second-order valence-corrected chi connectivity index (χ2v) is 8.44. The molecule has 0 aromatic heterocycles. The van der Waals surface area contributed by atoms with Gasteiger partial charge in [-0.1, -0.05) is 68.3 Å². The normalized spacial score (nSPS) is 12.9. The molecule has 172 valence electrons. The zero-order valence-electron chi connectivity index (χ0n) is 18.8. The molecule has 3 rings (SSSR count). The van der Waals surface area contributed by atoms with Gasteiger partial charge in [-0.15, -0.1) is 6.42 Å². The first kappa shape index (κ1) is 23.9. The third-order valence-electron chi connectivity index (χ3n) is 5.56. The van der Waals surface area contributed by atoms with Crippen molar-refractivity contribution in [2.75, 3.05) is 19.7 Å². The third kappa shape index (κ3) is 5.72. The lowest BCUT2D eigenvalue weighted by Gasteiger charge is -2.26. The summed E-state index contributed by atoms with van der Waals surface area (Å²) in [4.78, 5) is 37.8. The number of fused-ring (bicyclic) bond motifs is 3. The van der Waals surface area contributed by atoms with Gasteiger partial charge < -0.3 is 20.1 Å². The van der Waals surface area contributed by atoms with Crippen LogP contribution >= 0.6 is 0 Å². The van der Waals surface area contributed by atoms with Gasteiger partial charge in [0.2, 0.25) is 5.91 Å². The maximum absolute atomic E-state index is 12.9. The molecule has 2 aromatic carbocycles. The number of alkyl carbamates (subject to hydrolysis) is 1. The average molecular weight is 449 g/mol. The second kappa shape index (κ2) is 10.7. The average Bonchev–Trinajstić information content (AvgIpc) is 3.09. The first-order valence-corrected chi connectivity index (χ1v) is 10.9. The molecule has 2 N–H and O–H groups in total. The molecule has 1 unspecified atom stereocenters. The first-order valence-electron chi connectivity index (χ1n) is 10.9. The zero-order valence-corrected chi connectivity index (χ0v) is 18.8. The number of carboxylic acids is 1. The molecule has 0 heterocycles. The van der Waals surface area contributed by atoms with Gasteiger partial charge in [-0.3, -0.25) is 9.59 Å². The molecule has 0 aliphatic heterocycles. The van der Waals surface area contributed by atoms with E-state index in [0.29, 0.717) is 6.42 Å². The quantitative estimate of drug-likeness (QED) is 0.573. The highest BCUT2D eigenvalue weighted by molar-refractivity contribution is 5.88. The Hall–Kier alpha value is -3.79. The summed E-state index contributed by atoms with van der Waals surface area (Å²) in [5, 5.41) is 11.7. The number of rotatable bonds is 9. The summed E-state index contributed by atoms with van der Waals surface area (Å²) in [6, 6.07) is 15.1. The van der Waals surface area contributed by atoms with Crippen LogP contribution < -0.4 is 5.32 Å². The zero-order chi connectivity index (χ0) is 24.0. The predicted molar refractivity (Wildman–Crippen MR) is 124 cm³/mol. The second-order valence-electron chi connectivity index (χ2n) is 8.44. The van der Waals surface area contributed by atoms with Gasteiger partial charge in [-0.2, -0.15) is 0 Å². The monoisotopic (exact) mass is 448 g/mol. The van der Waals surface area contributed by atoms with Crippen molar-refractivity contribution in [2.45, 2.75) is 32.2 Å². The molecule has 1 aliphatic rings. The maximum Gasteiger partial charge on any atom is 0.407 e. The lowest BCUT2D eigenvalue weighted by Crippen LogP contribution is -2.50. The highest BCUT2D eigenvalue weighted by Gasteiger charge is 2.31. The number of carbonyl (C=O) groups is 3. The van der Waals surface area contributed by atoms with E-state index in [1.54, 1.807) is 0 Å². The standard InChI is InChI=1S/C26H28N2O5/c1-4-13-28(15-24(29)30)25(31)23(14-17(2)3)27-26(32)33-16-22-20-11-7-5-9-18(20)19-10-6-8-12-21(19)22/h1,5-12,17,22-23H,13-16H2,2-3H3,(H,27,32)(H,29,30). The van der Waals surface area contributed by atoms with Crippen molar-refractivity contribution in [1.29, 1.82) is 0 Å². The molecule has 0 spiro atoms. The molecule has 1 atom stereocenters. The summed E-state index contributed by atoms with van der Waals surface area (Å²) in [7, 11) is 0. The van der Waals surface area contributed by atoms with Gasteiger partial charge in [0.15, 0.2) is 0 Å². The molecule has 0 saturated heterocycles. The Labute approximate surface area is 193 Å². The Morgan fingerprint density at radius 1 is 1.09 bits per heavy atom. The fourth-order valence-electron chi connectivity index (χ4n) is 4.18. The van der Waals surface area contributed by atoms with Gasteiger partial charge in [-0.05, 0) is 34.6 Å². The van der Waals surface area contributed by atoms with Crippen LogP contribution in [0.2, 0.25) is 0 Å². The number of amides is 2. The molecule has 2 aromatic rings. The van der Waals surface area contributed by atoms with Crippen LogP contribution in [0.5, 0.6) is 0 Å². The van der Waals surface area contributed by atoms with Gasteiger partial charge in [0.05, 0.1) is 6.54 Å². The van der Waals surface area contributed by atoms with Crippen molar-refractivity contribution >= 4 is 18.0 Å². The Morgan fingerprint density at radius 3 is 2.18 bits per heavy atom. The Bertz CT molecular complexity index is 1030. The van der Waals surface area contributed by atoms with Gasteiger partial charge in [0, 0.05) is 5.92 Å². The van der Waals surface area contributed by atoms with Crippen LogP contribution in [0.3, 0.4) is 0 Å². The first-order chi connectivity index (χ1) is 15.8. The Morgan fingerprint density at radius 2 is 1.67 bits per heavy atom. The minimum atomic E-state index is -1.18. The van der Waals surface area contributed by atoms with Gasteiger partial charge >= 0.3 is 12.1 Å². The van der Waals surface area contributed by atoms with E-state index in [0.717, 1.165) is 27.2 Å². The molecule has 1 aliphatic carbocycles. The largest absolute Gasteiger partial charge is 0.480 e. The fourth-order valence-corrected chi connectivity index (χ4v) is 4.18. The Kier molecular flexibility index (Phi) is 7.73. The lowest BCUT2D eigenvalue weighted by atomic mass is 9.98. The molecule has 7 nitrogen and oxygen atoms in total. The highest BCUT2D eigenvalue weighted by Crippen LogP contribution is 2.44. The molecule has 0 fully saturated rings. The number of benzene rings is 2. The van der Waals surface area contributed by atoms with Crippen molar-refractivity contribution < 1.29 is 24.2 Å². The van der Waals surface area contributed by atoms with Crippen LogP contribution in [-0.2, 0) is 14.3 Å². The van der Waals surface area contributed by atoms with Crippen LogP contribution in [0.15, 0.2) is 48.5 Å². The SMILES string of the molecule is C#CCN(CC(=O)O)C(=O)C(CC(C)C)NC(=O)OCC1c2ccccc2-c2ccccc21. The van der Waals surface area contributed by atoms with Crippen molar-refractivity contribution in [3.05, 3.63) is 59.7 Å². The number of aliphatic carboxylic acids is 1. The van der Waals surface area contributed by atoms with Crippen LogP contribution in [0.4, 0.5) is 4.79 Å². The van der Waals surface area contributed by atoms with Crippen molar-refractivity contribution in [3.63, 3.8) is 0 Å². The van der Waals surface area contributed by atoms with E-state index >= 15 is 0 Å². The summed E-state index contributed by atoms with van der Waals surface area (Å²) in [6.45, 7) is 3.23. The van der Waals surface area contributed by atoms with Crippen molar-refractivity contribution in [3.8, 4) is 23.5 Å². The number of ether oxygens (including phenoxy) is 1. The van der Waals surface area contributed by atoms with Crippen LogP contribution in [0, 0.1) is 18.3 Å². The van der Waals surface area contributed by atoms with Gasteiger partial charge in [-0.25, -0.2) is 4.79 Å². The smallest absolute Gasteiger partial charge is 0.407 e. The van der Waals surface area contributed by atoms with Crippen molar-refractivity contribution in [1.82, 2.24) is 10.2 Å². The molecule has 33 heavy (non-hydrogen) atoms. The number of nitrogens with zero attached hydrogens (tertiary/aromatic N) is 1. The number of terminal acetylenes is 1. The lowest BCUT2D eigenvalue weighted by molar-refractivity contribution is -0.144. The summed E-state index contributed by atoms with van der Waals surface area (Å²) in [6.07, 6.45) is 4.89. The molecule has 0 radical (unpaired) electrons. The maximum atomic E-state index is 12.9. The molecular weight excluding hydrogens is 420 g/mol. The fraction of sp³-hybridized carbons (Fsp3) is 0.346. The Balaban J connectivity index is 1.70.